The summed E-state index contributed by atoms with van der Waals surface area (Å²) in [6.07, 6.45) is 5.95. The molecule has 2 atom stereocenters. The minimum absolute atomic E-state index is 0.349. The molecule has 1 aliphatic rings. The second-order valence-corrected chi connectivity index (χ2v) is 7.06. The highest BCUT2D eigenvalue weighted by Crippen LogP contribution is 2.30. The van der Waals surface area contributed by atoms with Gasteiger partial charge in [0, 0.05) is 4.47 Å². The summed E-state index contributed by atoms with van der Waals surface area (Å²) in [7, 11) is 0. The van der Waals surface area contributed by atoms with Crippen molar-refractivity contribution in [3.05, 3.63) is 34.3 Å². The van der Waals surface area contributed by atoms with E-state index in [1.807, 2.05) is 24.3 Å². The van der Waals surface area contributed by atoms with Crippen molar-refractivity contribution in [3.8, 4) is 0 Å². The molecule has 0 saturated heterocycles. The minimum atomic E-state index is -0.816. The third kappa shape index (κ3) is 5.44. The number of halogens is 1. The normalized spacial score (nSPS) is 18.6. The smallest absolute Gasteiger partial charge is 0.306 e. The number of carbonyl (C=O) groups is 1. The highest BCUT2D eigenvalue weighted by molar-refractivity contribution is 9.10. The average Bonchev–Trinajstić information content (AvgIpc) is 2.93. The maximum Gasteiger partial charge on any atom is 0.306 e. The molecular weight excluding hydrogens is 332 g/mol. The Hall–Kier alpha value is -0.870. The zero-order valence-electron chi connectivity index (χ0n) is 12.2. The summed E-state index contributed by atoms with van der Waals surface area (Å²) in [6, 6.07) is 7.71. The van der Waals surface area contributed by atoms with Crippen LogP contribution >= 0.6 is 15.9 Å². The van der Waals surface area contributed by atoms with Gasteiger partial charge >= 0.3 is 5.97 Å². The van der Waals surface area contributed by atoms with Gasteiger partial charge in [-0.1, -0.05) is 53.7 Å². The second-order valence-electron chi connectivity index (χ2n) is 6.14. The van der Waals surface area contributed by atoms with Crippen LogP contribution in [0.15, 0.2) is 28.7 Å². The first kappa shape index (κ1) is 16.5. The standard InChI is InChI=1S/C17H23BrO3/c18-15-7-5-13(6-8-15)9-14(17(20)21)11-16(19)10-12-3-1-2-4-12/h5-8,12,14,16,19H,1-4,9-11H2,(H,20,21). The fourth-order valence-corrected chi connectivity index (χ4v) is 3.50. The van der Waals surface area contributed by atoms with E-state index in [1.165, 1.54) is 25.7 Å². The lowest BCUT2D eigenvalue weighted by Crippen LogP contribution is -2.24. The summed E-state index contributed by atoms with van der Waals surface area (Å²) in [5.74, 6) is -0.743. The van der Waals surface area contributed by atoms with E-state index in [4.69, 9.17) is 0 Å². The molecule has 2 rings (SSSR count). The Morgan fingerprint density at radius 3 is 2.43 bits per heavy atom. The van der Waals surface area contributed by atoms with E-state index in [9.17, 15) is 15.0 Å². The third-order valence-corrected chi connectivity index (χ3v) is 4.91. The van der Waals surface area contributed by atoms with Gasteiger partial charge in [0.2, 0.25) is 0 Å². The van der Waals surface area contributed by atoms with Crippen molar-refractivity contribution in [1.82, 2.24) is 0 Å². The first-order valence-corrected chi connectivity index (χ1v) is 8.49. The zero-order valence-corrected chi connectivity index (χ0v) is 13.8. The van der Waals surface area contributed by atoms with Crippen molar-refractivity contribution >= 4 is 21.9 Å². The van der Waals surface area contributed by atoms with Crippen LogP contribution in [0.4, 0.5) is 0 Å². The fraction of sp³-hybridized carbons (Fsp3) is 0.588. The monoisotopic (exact) mass is 354 g/mol. The van der Waals surface area contributed by atoms with Crippen molar-refractivity contribution < 1.29 is 15.0 Å². The quantitative estimate of drug-likeness (QED) is 0.777. The van der Waals surface area contributed by atoms with Gasteiger partial charge in [-0.15, -0.1) is 0 Å². The molecule has 1 aromatic rings. The summed E-state index contributed by atoms with van der Waals surface area (Å²) in [5, 5.41) is 19.6. The molecule has 3 nitrogen and oxygen atoms in total. The van der Waals surface area contributed by atoms with Crippen LogP contribution in [-0.2, 0) is 11.2 Å². The van der Waals surface area contributed by atoms with Gasteiger partial charge in [-0.3, -0.25) is 4.79 Å². The number of hydrogen-bond donors (Lipinski definition) is 2. The van der Waals surface area contributed by atoms with Gasteiger partial charge in [0.25, 0.3) is 0 Å². The predicted molar refractivity (Wildman–Crippen MR) is 86.2 cm³/mol. The van der Waals surface area contributed by atoms with E-state index in [1.54, 1.807) is 0 Å². The molecule has 1 aliphatic carbocycles. The molecule has 2 unspecified atom stereocenters. The van der Waals surface area contributed by atoms with Crippen LogP contribution in [0.5, 0.6) is 0 Å². The molecule has 0 radical (unpaired) electrons. The van der Waals surface area contributed by atoms with Crippen LogP contribution in [0.2, 0.25) is 0 Å². The first-order chi connectivity index (χ1) is 10.0. The number of aliphatic hydroxyl groups excluding tert-OH is 1. The van der Waals surface area contributed by atoms with Gasteiger partial charge < -0.3 is 10.2 Å². The second kappa shape index (κ2) is 7.95. The van der Waals surface area contributed by atoms with Gasteiger partial charge in [0.05, 0.1) is 12.0 Å². The van der Waals surface area contributed by atoms with Crippen molar-refractivity contribution in [1.29, 1.82) is 0 Å². The Bertz CT molecular complexity index is 452. The Morgan fingerprint density at radius 1 is 1.24 bits per heavy atom. The maximum absolute atomic E-state index is 11.4. The Morgan fingerprint density at radius 2 is 1.86 bits per heavy atom. The van der Waals surface area contributed by atoms with Gasteiger partial charge in [-0.2, -0.15) is 0 Å². The van der Waals surface area contributed by atoms with E-state index in [-0.39, 0.29) is 0 Å². The fourth-order valence-electron chi connectivity index (χ4n) is 3.23. The molecule has 2 N–H and O–H groups in total. The molecule has 0 bridgehead atoms. The first-order valence-electron chi connectivity index (χ1n) is 7.70. The van der Waals surface area contributed by atoms with E-state index in [2.05, 4.69) is 15.9 Å². The zero-order chi connectivity index (χ0) is 15.2. The Kier molecular flexibility index (Phi) is 6.24. The van der Waals surface area contributed by atoms with Crippen molar-refractivity contribution in [2.75, 3.05) is 0 Å². The summed E-state index contributed by atoms with van der Waals surface area (Å²) >= 11 is 3.37. The topological polar surface area (TPSA) is 57.5 Å². The minimum Gasteiger partial charge on any atom is -0.481 e. The summed E-state index contributed by atoms with van der Waals surface area (Å²) in [6.45, 7) is 0. The Labute approximate surface area is 134 Å². The molecule has 0 aromatic heterocycles. The summed E-state index contributed by atoms with van der Waals surface area (Å²) < 4.78 is 0.986. The molecule has 0 amide bonds. The van der Waals surface area contributed by atoms with Crippen molar-refractivity contribution in [3.63, 3.8) is 0 Å². The Balaban J connectivity index is 1.88. The van der Waals surface area contributed by atoms with Crippen molar-refractivity contribution in [2.24, 2.45) is 11.8 Å². The highest BCUT2D eigenvalue weighted by Gasteiger charge is 2.25. The van der Waals surface area contributed by atoms with Crippen LogP contribution in [0.1, 0.15) is 44.1 Å². The molecule has 1 fully saturated rings. The van der Waals surface area contributed by atoms with Gasteiger partial charge in [0.15, 0.2) is 0 Å². The predicted octanol–water partition coefficient (Wildman–Crippen LogP) is 4.02. The summed E-state index contributed by atoms with van der Waals surface area (Å²) in [5.41, 5.74) is 0.999. The number of carboxylic acids is 1. The summed E-state index contributed by atoms with van der Waals surface area (Å²) in [4.78, 5) is 11.4. The highest BCUT2D eigenvalue weighted by atomic mass is 79.9. The lowest BCUT2D eigenvalue weighted by Gasteiger charge is -2.19. The number of benzene rings is 1. The third-order valence-electron chi connectivity index (χ3n) is 4.38. The molecule has 116 valence electrons. The molecule has 1 aromatic carbocycles. The van der Waals surface area contributed by atoms with E-state index < -0.39 is 18.0 Å². The molecule has 21 heavy (non-hydrogen) atoms. The maximum atomic E-state index is 11.4. The number of aliphatic carboxylic acids is 1. The lowest BCUT2D eigenvalue weighted by atomic mass is 9.89. The number of carboxylic acid groups (broad SMARTS) is 1. The van der Waals surface area contributed by atoms with E-state index >= 15 is 0 Å². The molecule has 1 saturated carbocycles. The van der Waals surface area contributed by atoms with E-state index in [0.717, 1.165) is 16.5 Å². The van der Waals surface area contributed by atoms with Crippen molar-refractivity contribution in [2.45, 2.75) is 51.0 Å². The number of aliphatic hydroxyl groups is 1. The van der Waals surface area contributed by atoms with E-state index in [0.29, 0.717) is 18.8 Å². The van der Waals surface area contributed by atoms with Crippen LogP contribution < -0.4 is 0 Å². The van der Waals surface area contributed by atoms with Gasteiger partial charge in [-0.25, -0.2) is 0 Å². The largest absolute Gasteiger partial charge is 0.481 e. The molecule has 4 heteroatoms. The molecule has 0 spiro atoms. The number of hydrogen-bond acceptors (Lipinski definition) is 2. The van der Waals surface area contributed by atoms with Gasteiger partial charge in [0.1, 0.15) is 0 Å². The molecular formula is C17H23BrO3. The lowest BCUT2D eigenvalue weighted by molar-refractivity contribution is -0.142. The van der Waals surface area contributed by atoms with Crippen LogP contribution in [0, 0.1) is 11.8 Å². The number of rotatable bonds is 7. The SMILES string of the molecule is O=C(O)C(Cc1ccc(Br)cc1)CC(O)CC1CCCC1. The van der Waals surface area contributed by atoms with Crippen LogP contribution in [0.25, 0.3) is 0 Å². The van der Waals surface area contributed by atoms with Gasteiger partial charge in [-0.05, 0) is 42.9 Å². The van der Waals surface area contributed by atoms with Crippen LogP contribution in [-0.4, -0.2) is 22.3 Å². The average molecular weight is 355 g/mol. The molecule has 0 aliphatic heterocycles. The van der Waals surface area contributed by atoms with Crippen LogP contribution in [0.3, 0.4) is 0 Å². The molecule has 0 heterocycles.